The highest BCUT2D eigenvalue weighted by Crippen LogP contribution is 2.24. The molecule has 0 radical (unpaired) electrons. The zero-order valence-electron chi connectivity index (χ0n) is 16.3. The SMILES string of the molecule is Cc1nccc(C(=O)Nc2cc(C(=O)N3C[C@H](C)C[C@@H](C)C3)ccc2C)n1. The molecule has 1 aliphatic heterocycles. The number of hydrogen-bond acceptors (Lipinski definition) is 4. The van der Waals surface area contributed by atoms with Gasteiger partial charge < -0.3 is 10.2 Å². The molecular weight excluding hydrogens is 340 g/mol. The summed E-state index contributed by atoms with van der Waals surface area (Å²) in [6.45, 7) is 9.56. The van der Waals surface area contributed by atoms with E-state index in [0.29, 0.717) is 34.6 Å². The van der Waals surface area contributed by atoms with Crippen LogP contribution in [0.25, 0.3) is 0 Å². The standard InChI is InChI=1S/C21H26N4O2/c1-13-9-14(2)12-25(11-13)21(27)17-6-5-15(3)19(10-17)24-20(26)18-7-8-22-16(4)23-18/h5-8,10,13-14H,9,11-12H2,1-4H3,(H,24,26)/t13-,14-/m1/s1. The van der Waals surface area contributed by atoms with Gasteiger partial charge in [-0.1, -0.05) is 19.9 Å². The molecule has 6 nitrogen and oxygen atoms in total. The van der Waals surface area contributed by atoms with Crippen LogP contribution in [-0.2, 0) is 0 Å². The number of likely N-dealkylation sites (tertiary alicyclic amines) is 1. The van der Waals surface area contributed by atoms with Gasteiger partial charge in [0.25, 0.3) is 11.8 Å². The third-order valence-corrected chi connectivity index (χ3v) is 4.90. The van der Waals surface area contributed by atoms with E-state index in [2.05, 4.69) is 29.1 Å². The van der Waals surface area contributed by atoms with E-state index < -0.39 is 0 Å². The molecule has 0 aliphatic carbocycles. The Morgan fingerprint density at radius 2 is 1.81 bits per heavy atom. The van der Waals surface area contributed by atoms with E-state index in [1.807, 2.05) is 24.0 Å². The third kappa shape index (κ3) is 4.51. The minimum Gasteiger partial charge on any atom is -0.338 e. The van der Waals surface area contributed by atoms with E-state index in [9.17, 15) is 9.59 Å². The average molecular weight is 366 g/mol. The largest absolute Gasteiger partial charge is 0.338 e. The minimum atomic E-state index is -0.312. The number of aromatic nitrogens is 2. The summed E-state index contributed by atoms with van der Waals surface area (Å²) < 4.78 is 0. The van der Waals surface area contributed by atoms with Crippen LogP contribution in [0, 0.1) is 25.7 Å². The minimum absolute atomic E-state index is 0.0155. The van der Waals surface area contributed by atoms with Crippen LogP contribution in [-0.4, -0.2) is 39.8 Å². The number of anilines is 1. The molecule has 1 aliphatic rings. The second kappa shape index (κ2) is 7.86. The van der Waals surface area contributed by atoms with Crippen molar-refractivity contribution in [1.29, 1.82) is 0 Å². The number of benzene rings is 1. The normalized spacial score (nSPS) is 19.6. The van der Waals surface area contributed by atoms with Crippen molar-refractivity contribution in [2.45, 2.75) is 34.1 Å². The highest BCUT2D eigenvalue weighted by molar-refractivity contribution is 6.04. The van der Waals surface area contributed by atoms with Crippen LogP contribution in [0.5, 0.6) is 0 Å². The molecule has 1 saturated heterocycles. The fourth-order valence-corrected chi connectivity index (χ4v) is 3.67. The van der Waals surface area contributed by atoms with E-state index in [1.54, 1.807) is 25.3 Å². The number of hydrogen-bond donors (Lipinski definition) is 1. The van der Waals surface area contributed by atoms with E-state index >= 15 is 0 Å². The van der Waals surface area contributed by atoms with Crippen LogP contribution >= 0.6 is 0 Å². The fourth-order valence-electron chi connectivity index (χ4n) is 3.67. The van der Waals surface area contributed by atoms with Crippen molar-refractivity contribution in [2.75, 3.05) is 18.4 Å². The summed E-state index contributed by atoms with van der Waals surface area (Å²) in [5.41, 5.74) is 2.42. The highest BCUT2D eigenvalue weighted by atomic mass is 16.2. The first-order chi connectivity index (χ1) is 12.8. The molecule has 0 bridgehead atoms. The van der Waals surface area contributed by atoms with Crippen LogP contribution in [0.3, 0.4) is 0 Å². The first-order valence-electron chi connectivity index (χ1n) is 9.34. The van der Waals surface area contributed by atoms with Gasteiger partial charge in [0.05, 0.1) is 0 Å². The predicted octanol–water partition coefficient (Wildman–Crippen LogP) is 3.46. The monoisotopic (exact) mass is 366 g/mol. The Morgan fingerprint density at radius 3 is 2.48 bits per heavy atom. The lowest BCUT2D eigenvalue weighted by Gasteiger charge is -2.35. The molecule has 1 aromatic heterocycles. The molecule has 2 atom stereocenters. The van der Waals surface area contributed by atoms with E-state index in [-0.39, 0.29) is 11.8 Å². The Bertz CT molecular complexity index is 855. The smallest absolute Gasteiger partial charge is 0.274 e. The Kier molecular flexibility index (Phi) is 5.54. The lowest BCUT2D eigenvalue weighted by Crippen LogP contribution is -2.42. The number of amides is 2. The van der Waals surface area contributed by atoms with Gasteiger partial charge in [0.1, 0.15) is 11.5 Å². The Balaban J connectivity index is 1.79. The van der Waals surface area contributed by atoms with Gasteiger partial charge in [-0.05, 0) is 55.9 Å². The molecule has 0 spiro atoms. The maximum atomic E-state index is 12.9. The molecule has 1 aromatic carbocycles. The summed E-state index contributed by atoms with van der Waals surface area (Å²) in [6.07, 6.45) is 2.71. The van der Waals surface area contributed by atoms with Crippen molar-refractivity contribution in [3.05, 3.63) is 53.1 Å². The second-order valence-electron chi connectivity index (χ2n) is 7.63. The van der Waals surface area contributed by atoms with Gasteiger partial charge >= 0.3 is 0 Å². The molecule has 2 amide bonds. The summed E-state index contributed by atoms with van der Waals surface area (Å²) in [4.78, 5) is 35.5. The van der Waals surface area contributed by atoms with Crippen molar-refractivity contribution in [3.8, 4) is 0 Å². The topological polar surface area (TPSA) is 75.2 Å². The first-order valence-corrected chi connectivity index (χ1v) is 9.34. The molecule has 142 valence electrons. The zero-order chi connectivity index (χ0) is 19.6. The maximum Gasteiger partial charge on any atom is 0.274 e. The van der Waals surface area contributed by atoms with Gasteiger partial charge in [0, 0.05) is 30.5 Å². The van der Waals surface area contributed by atoms with Gasteiger partial charge in [-0.15, -0.1) is 0 Å². The number of nitrogens with one attached hydrogen (secondary N) is 1. The van der Waals surface area contributed by atoms with Crippen LogP contribution in [0.15, 0.2) is 30.5 Å². The number of carbonyl (C=O) groups excluding carboxylic acids is 2. The molecule has 0 saturated carbocycles. The highest BCUT2D eigenvalue weighted by Gasteiger charge is 2.26. The number of aryl methyl sites for hydroxylation is 2. The van der Waals surface area contributed by atoms with Gasteiger partial charge in [0.15, 0.2) is 0 Å². The van der Waals surface area contributed by atoms with Crippen molar-refractivity contribution in [3.63, 3.8) is 0 Å². The van der Waals surface area contributed by atoms with E-state index in [1.165, 1.54) is 0 Å². The quantitative estimate of drug-likeness (QED) is 0.903. The van der Waals surface area contributed by atoms with Crippen LogP contribution in [0.4, 0.5) is 5.69 Å². The van der Waals surface area contributed by atoms with E-state index in [4.69, 9.17) is 0 Å². The molecule has 1 fully saturated rings. The number of carbonyl (C=O) groups is 2. The van der Waals surface area contributed by atoms with Gasteiger partial charge in [-0.2, -0.15) is 0 Å². The van der Waals surface area contributed by atoms with Crippen LogP contribution < -0.4 is 5.32 Å². The predicted molar refractivity (Wildman–Crippen MR) is 105 cm³/mol. The molecule has 27 heavy (non-hydrogen) atoms. The maximum absolute atomic E-state index is 12.9. The number of rotatable bonds is 3. The van der Waals surface area contributed by atoms with Gasteiger partial charge in [-0.25, -0.2) is 9.97 Å². The summed E-state index contributed by atoms with van der Waals surface area (Å²) in [7, 11) is 0. The molecule has 3 rings (SSSR count). The van der Waals surface area contributed by atoms with Crippen molar-refractivity contribution in [1.82, 2.24) is 14.9 Å². The van der Waals surface area contributed by atoms with Gasteiger partial charge in [-0.3, -0.25) is 9.59 Å². The Hall–Kier alpha value is -2.76. The van der Waals surface area contributed by atoms with Crippen molar-refractivity contribution in [2.24, 2.45) is 11.8 Å². The Labute approximate surface area is 160 Å². The molecule has 2 heterocycles. The fraction of sp³-hybridized carbons (Fsp3) is 0.429. The molecule has 2 aromatic rings. The zero-order valence-corrected chi connectivity index (χ0v) is 16.3. The molecule has 1 N–H and O–H groups in total. The summed E-state index contributed by atoms with van der Waals surface area (Å²) >= 11 is 0. The lowest BCUT2D eigenvalue weighted by atomic mass is 9.91. The lowest BCUT2D eigenvalue weighted by molar-refractivity contribution is 0.0623. The molecular formula is C21H26N4O2. The average Bonchev–Trinajstić information content (AvgIpc) is 2.62. The summed E-state index contributed by atoms with van der Waals surface area (Å²) in [5, 5.41) is 2.87. The number of nitrogens with zero attached hydrogens (tertiary/aromatic N) is 3. The first kappa shape index (κ1) is 19.0. The van der Waals surface area contributed by atoms with Crippen molar-refractivity contribution < 1.29 is 9.59 Å². The van der Waals surface area contributed by atoms with Gasteiger partial charge in [0.2, 0.25) is 0 Å². The third-order valence-electron chi connectivity index (χ3n) is 4.90. The van der Waals surface area contributed by atoms with Crippen LogP contribution in [0.2, 0.25) is 0 Å². The number of piperidine rings is 1. The van der Waals surface area contributed by atoms with Crippen LogP contribution in [0.1, 0.15) is 52.5 Å². The summed E-state index contributed by atoms with van der Waals surface area (Å²) in [6, 6.07) is 7.02. The van der Waals surface area contributed by atoms with Crippen molar-refractivity contribution >= 4 is 17.5 Å². The molecule has 6 heteroatoms. The second-order valence-corrected chi connectivity index (χ2v) is 7.63. The molecule has 0 unspecified atom stereocenters. The van der Waals surface area contributed by atoms with E-state index in [0.717, 1.165) is 25.1 Å². The Morgan fingerprint density at radius 1 is 1.11 bits per heavy atom. The summed E-state index contributed by atoms with van der Waals surface area (Å²) in [5.74, 6) is 1.25.